The monoisotopic (exact) mass is 269 g/mol. The zero-order valence-electron chi connectivity index (χ0n) is 11.1. The van der Waals surface area contributed by atoms with Gasteiger partial charge in [0.25, 0.3) is 0 Å². The summed E-state index contributed by atoms with van der Waals surface area (Å²) < 4.78 is 12.8. The smallest absolute Gasteiger partial charge is 0.123 e. The van der Waals surface area contributed by atoms with Crippen molar-refractivity contribution in [1.29, 1.82) is 0 Å². The average molecular weight is 269 g/mol. The summed E-state index contributed by atoms with van der Waals surface area (Å²) >= 11 is 0. The second-order valence-corrected chi connectivity index (χ2v) is 4.75. The van der Waals surface area contributed by atoms with Crippen molar-refractivity contribution in [2.24, 2.45) is 0 Å². The van der Waals surface area contributed by atoms with E-state index in [4.69, 9.17) is 0 Å². The molecular formula is C16H16FN3. The third-order valence-electron chi connectivity index (χ3n) is 3.22. The minimum Gasteiger partial charge on any atom is -0.342 e. The Balaban J connectivity index is 1.51. The molecule has 0 aliphatic carbocycles. The number of benzene rings is 2. The van der Waals surface area contributed by atoms with Crippen molar-refractivity contribution in [2.75, 3.05) is 6.54 Å². The van der Waals surface area contributed by atoms with Crippen LogP contribution in [0.3, 0.4) is 0 Å². The van der Waals surface area contributed by atoms with E-state index in [2.05, 4.69) is 15.3 Å². The fourth-order valence-electron chi connectivity index (χ4n) is 2.17. The number of aromatic nitrogens is 2. The molecule has 0 aliphatic heterocycles. The number of hydrogen-bond acceptors (Lipinski definition) is 2. The predicted octanol–water partition coefficient (Wildman–Crippen LogP) is 3.03. The van der Waals surface area contributed by atoms with Gasteiger partial charge < -0.3 is 10.3 Å². The van der Waals surface area contributed by atoms with E-state index in [1.54, 1.807) is 12.1 Å². The van der Waals surface area contributed by atoms with Gasteiger partial charge in [-0.1, -0.05) is 24.3 Å². The normalized spacial score (nSPS) is 11.1. The van der Waals surface area contributed by atoms with Crippen LogP contribution in [0.1, 0.15) is 11.4 Å². The number of halogens is 1. The molecule has 0 amide bonds. The number of imidazole rings is 1. The number of fused-ring (bicyclic) bond motifs is 1. The first kappa shape index (κ1) is 12.8. The van der Waals surface area contributed by atoms with E-state index in [1.165, 1.54) is 12.1 Å². The lowest BCUT2D eigenvalue weighted by Crippen LogP contribution is -2.17. The molecule has 1 heterocycles. The number of nitrogens with zero attached hydrogens (tertiary/aromatic N) is 1. The Bertz CT molecular complexity index is 655. The molecule has 0 fully saturated rings. The Morgan fingerprint density at radius 3 is 2.65 bits per heavy atom. The molecule has 3 aromatic rings. The van der Waals surface area contributed by atoms with Crippen LogP contribution in [0, 0.1) is 5.82 Å². The van der Waals surface area contributed by atoms with E-state index < -0.39 is 0 Å². The van der Waals surface area contributed by atoms with Gasteiger partial charge in [-0.05, 0) is 29.8 Å². The van der Waals surface area contributed by atoms with Crippen molar-refractivity contribution < 1.29 is 4.39 Å². The van der Waals surface area contributed by atoms with Crippen LogP contribution >= 0.6 is 0 Å². The average Bonchev–Trinajstić information content (AvgIpc) is 2.88. The van der Waals surface area contributed by atoms with Crippen LogP contribution in [0.2, 0.25) is 0 Å². The molecule has 0 atom stereocenters. The third kappa shape index (κ3) is 3.03. The SMILES string of the molecule is Fc1ccc(CNCCc2nc3ccccc3[nH]2)cc1. The maximum atomic E-state index is 12.8. The van der Waals surface area contributed by atoms with Gasteiger partial charge in [-0.3, -0.25) is 0 Å². The first-order valence-electron chi connectivity index (χ1n) is 6.70. The molecule has 102 valence electrons. The molecule has 20 heavy (non-hydrogen) atoms. The minimum absolute atomic E-state index is 0.198. The summed E-state index contributed by atoms with van der Waals surface area (Å²) in [5.41, 5.74) is 3.15. The number of aromatic amines is 1. The van der Waals surface area contributed by atoms with Gasteiger partial charge in [0.1, 0.15) is 11.6 Å². The standard InChI is InChI=1S/C16H16FN3/c17-13-7-5-12(6-8-13)11-18-10-9-16-19-14-3-1-2-4-15(14)20-16/h1-8,18H,9-11H2,(H,19,20). The van der Waals surface area contributed by atoms with E-state index >= 15 is 0 Å². The Labute approximate surface area is 116 Å². The van der Waals surface area contributed by atoms with E-state index in [0.717, 1.165) is 41.9 Å². The molecule has 0 radical (unpaired) electrons. The maximum absolute atomic E-state index is 12.8. The van der Waals surface area contributed by atoms with E-state index in [-0.39, 0.29) is 5.82 Å². The molecule has 2 aromatic carbocycles. The summed E-state index contributed by atoms with van der Waals surface area (Å²) in [7, 11) is 0. The molecule has 0 spiro atoms. The largest absolute Gasteiger partial charge is 0.342 e. The summed E-state index contributed by atoms with van der Waals surface area (Å²) in [6.07, 6.45) is 0.843. The van der Waals surface area contributed by atoms with Crippen LogP contribution in [0.4, 0.5) is 4.39 Å². The quantitative estimate of drug-likeness (QED) is 0.699. The molecule has 0 bridgehead atoms. The highest BCUT2D eigenvalue weighted by molar-refractivity contribution is 5.74. The van der Waals surface area contributed by atoms with Crippen LogP contribution in [0.5, 0.6) is 0 Å². The van der Waals surface area contributed by atoms with Crippen LogP contribution in [-0.4, -0.2) is 16.5 Å². The van der Waals surface area contributed by atoms with E-state index in [1.807, 2.05) is 24.3 Å². The minimum atomic E-state index is -0.198. The molecule has 0 aliphatic rings. The van der Waals surface area contributed by atoms with Crippen molar-refractivity contribution in [1.82, 2.24) is 15.3 Å². The van der Waals surface area contributed by atoms with Crippen LogP contribution in [0.15, 0.2) is 48.5 Å². The van der Waals surface area contributed by atoms with Gasteiger partial charge in [-0.15, -0.1) is 0 Å². The van der Waals surface area contributed by atoms with Gasteiger partial charge >= 0.3 is 0 Å². The lowest BCUT2D eigenvalue weighted by Gasteiger charge is -2.03. The lowest BCUT2D eigenvalue weighted by molar-refractivity contribution is 0.624. The van der Waals surface area contributed by atoms with Crippen molar-refractivity contribution in [2.45, 2.75) is 13.0 Å². The summed E-state index contributed by atoms with van der Waals surface area (Å²) in [5, 5.41) is 3.33. The molecule has 4 heteroatoms. The topological polar surface area (TPSA) is 40.7 Å². The highest BCUT2D eigenvalue weighted by atomic mass is 19.1. The fourth-order valence-corrected chi connectivity index (χ4v) is 2.17. The zero-order chi connectivity index (χ0) is 13.8. The molecule has 2 N–H and O–H groups in total. The number of rotatable bonds is 5. The van der Waals surface area contributed by atoms with Gasteiger partial charge in [0.2, 0.25) is 0 Å². The number of hydrogen-bond donors (Lipinski definition) is 2. The Morgan fingerprint density at radius 1 is 1.05 bits per heavy atom. The van der Waals surface area contributed by atoms with Gasteiger partial charge in [-0.2, -0.15) is 0 Å². The predicted molar refractivity (Wildman–Crippen MR) is 77.9 cm³/mol. The summed E-state index contributed by atoms with van der Waals surface area (Å²) in [4.78, 5) is 7.82. The fraction of sp³-hybridized carbons (Fsp3) is 0.188. The number of para-hydroxylation sites is 2. The summed E-state index contributed by atoms with van der Waals surface area (Å²) in [6, 6.07) is 14.6. The highest BCUT2D eigenvalue weighted by Gasteiger charge is 2.01. The first-order valence-corrected chi connectivity index (χ1v) is 6.70. The molecule has 0 unspecified atom stereocenters. The summed E-state index contributed by atoms with van der Waals surface area (Å²) in [6.45, 7) is 1.57. The Kier molecular flexibility index (Phi) is 3.74. The number of nitrogens with one attached hydrogen (secondary N) is 2. The Hall–Kier alpha value is -2.20. The van der Waals surface area contributed by atoms with Crippen LogP contribution in [-0.2, 0) is 13.0 Å². The van der Waals surface area contributed by atoms with E-state index in [0.29, 0.717) is 0 Å². The van der Waals surface area contributed by atoms with Crippen molar-refractivity contribution in [3.05, 3.63) is 65.7 Å². The molecule has 3 rings (SSSR count). The second-order valence-electron chi connectivity index (χ2n) is 4.75. The molecular weight excluding hydrogens is 253 g/mol. The van der Waals surface area contributed by atoms with Gasteiger partial charge in [0.05, 0.1) is 11.0 Å². The van der Waals surface area contributed by atoms with Crippen LogP contribution in [0.25, 0.3) is 11.0 Å². The highest BCUT2D eigenvalue weighted by Crippen LogP contribution is 2.10. The molecule has 1 aromatic heterocycles. The second kappa shape index (κ2) is 5.84. The summed E-state index contributed by atoms with van der Waals surface area (Å²) in [5.74, 6) is 0.786. The van der Waals surface area contributed by atoms with Crippen molar-refractivity contribution in [3.63, 3.8) is 0 Å². The zero-order valence-corrected chi connectivity index (χ0v) is 11.1. The number of H-pyrrole nitrogens is 1. The molecule has 0 saturated heterocycles. The van der Waals surface area contributed by atoms with Gasteiger partial charge in [-0.25, -0.2) is 9.37 Å². The first-order chi connectivity index (χ1) is 9.81. The lowest BCUT2D eigenvalue weighted by atomic mass is 10.2. The van der Waals surface area contributed by atoms with Gasteiger partial charge in [0, 0.05) is 19.5 Å². The van der Waals surface area contributed by atoms with Crippen LogP contribution < -0.4 is 5.32 Å². The van der Waals surface area contributed by atoms with E-state index in [9.17, 15) is 4.39 Å². The molecule has 3 nitrogen and oxygen atoms in total. The third-order valence-corrected chi connectivity index (χ3v) is 3.22. The molecule has 0 saturated carbocycles. The Morgan fingerprint density at radius 2 is 1.85 bits per heavy atom. The van der Waals surface area contributed by atoms with Gasteiger partial charge in [0.15, 0.2) is 0 Å². The van der Waals surface area contributed by atoms with Crippen molar-refractivity contribution in [3.8, 4) is 0 Å². The maximum Gasteiger partial charge on any atom is 0.123 e. The van der Waals surface area contributed by atoms with Crippen molar-refractivity contribution >= 4 is 11.0 Å².